The van der Waals surface area contributed by atoms with Crippen LogP contribution in [0, 0.1) is 0 Å². The third-order valence-electron chi connectivity index (χ3n) is 4.04. The summed E-state index contributed by atoms with van der Waals surface area (Å²) in [5.74, 6) is 0.529. The van der Waals surface area contributed by atoms with E-state index >= 15 is 0 Å². The lowest BCUT2D eigenvalue weighted by Crippen LogP contribution is -2.19. The molecular weight excluding hydrogens is 356 g/mol. The fraction of sp³-hybridized carbons (Fsp3) is 0.263. The Morgan fingerprint density at radius 3 is 2.61 bits per heavy atom. The van der Waals surface area contributed by atoms with Crippen LogP contribution in [0.15, 0.2) is 59.1 Å². The molecule has 4 heteroatoms. The summed E-state index contributed by atoms with van der Waals surface area (Å²) >= 11 is 3.34. The first kappa shape index (κ1) is 16.1. The summed E-state index contributed by atoms with van der Waals surface area (Å²) in [5.41, 5.74) is 2.23. The van der Waals surface area contributed by atoms with Crippen LogP contribution < -0.4 is 0 Å². The molecule has 0 aromatic heterocycles. The van der Waals surface area contributed by atoms with Gasteiger partial charge in [0.15, 0.2) is 0 Å². The molecule has 1 aliphatic heterocycles. The van der Waals surface area contributed by atoms with Crippen molar-refractivity contribution in [3.8, 4) is 11.5 Å². The number of phenolic OH excluding ortho intramolecular Hbond substituents is 2. The van der Waals surface area contributed by atoms with Crippen LogP contribution in [-0.2, 0) is 11.2 Å². The Labute approximate surface area is 144 Å². The summed E-state index contributed by atoms with van der Waals surface area (Å²) in [4.78, 5) is 0. The fourth-order valence-corrected chi connectivity index (χ4v) is 3.12. The van der Waals surface area contributed by atoms with Crippen LogP contribution in [0.1, 0.15) is 30.1 Å². The number of benzene rings is 2. The predicted octanol–water partition coefficient (Wildman–Crippen LogP) is 4.88. The molecule has 0 aliphatic carbocycles. The number of ether oxygens (including phenoxy) is 1. The Morgan fingerprint density at radius 2 is 1.87 bits per heavy atom. The third-order valence-corrected chi connectivity index (χ3v) is 4.68. The van der Waals surface area contributed by atoms with Crippen molar-refractivity contribution in [2.45, 2.75) is 31.5 Å². The molecule has 0 saturated heterocycles. The highest BCUT2D eigenvalue weighted by atomic mass is 79.9. The number of hydrogen-bond acceptors (Lipinski definition) is 3. The van der Waals surface area contributed by atoms with Crippen molar-refractivity contribution in [1.82, 2.24) is 0 Å². The molecule has 23 heavy (non-hydrogen) atoms. The van der Waals surface area contributed by atoms with Gasteiger partial charge in [0.05, 0.1) is 10.6 Å². The van der Waals surface area contributed by atoms with E-state index in [1.54, 1.807) is 18.2 Å². The van der Waals surface area contributed by atoms with Gasteiger partial charge < -0.3 is 14.9 Å². The minimum Gasteiger partial charge on any atom is -0.508 e. The first-order chi connectivity index (χ1) is 11.1. The second-order valence-electron chi connectivity index (χ2n) is 5.76. The highest BCUT2D eigenvalue weighted by Crippen LogP contribution is 2.32. The second kappa shape index (κ2) is 7.20. The largest absolute Gasteiger partial charge is 0.508 e. The van der Waals surface area contributed by atoms with E-state index in [1.807, 2.05) is 24.3 Å². The number of rotatable bonds is 4. The van der Waals surface area contributed by atoms with E-state index in [2.05, 4.69) is 28.1 Å². The molecule has 3 nitrogen and oxygen atoms in total. The molecule has 0 bridgehead atoms. The Balaban J connectivity index is 1.61. The molecule has 2 aromatic carbocycles. The van der Waals surface area contributed by atoms with Gasteiger partial charge in [-0.15, -0.1) is 0 Å². The molecule has 2 aromatic rings. The Bertz CT molecular complexity index is 694. The molecule has 0 saturated carbocycles. The molecule has 2 N–H and O–H groups in total. The Hall–Kier alpha value is -1.78. The van der Waals surface area contributed by atoms with Crippen molar-refractivity contribution >= 4 is 15.9 Å². The van der Waals surface area contributed by atoms with Crippen molar-refractivity contribution in [2.24, 2.45) is 0 Å². The van der Waals surface area contributed by atoms with Crippen LogP contribution in [0.5, 0.6) is 11.5 Å². The van der Waals surface area contributed by atoms with Crippen molar-refractivity contribution in [3.05, 3.63) is 70.2 Å². The monoisotopic (exact) mass is 374 g/mol. The van der Waals surface area contributed by atoms with Crippen LogP contribution in [0.4, 0.5) is 0 Å². The Morgan fingerprint density at radius 1 is 1.09 bits per heavy atom. The van der Waals surface area contributed by atoms with E-state index < -0.39 is 0 Å². The first-order valence-electron chi connectivity index (χ1n) is 7.70. The molecule has 1 aliphatic rings. The fourth-order valence-electron chi connectivity index (χ4n) is 2.73. The van der Waals surface area contributed by atoms with E-state index in [0.29, 0.717) is 10.2 Å². The smallest absolute Gasteiger partial charge is 0.129 e. The lowest BCUT2D eigenvalue weighted by atomic mass is 10.0. The molecule has 0 unspecified atom stereocenters. The van der Waals surface area contributed by atoms with Gasteiger partial charge in [-0.2, -0.15) is 0 Å². The summed E-state index contributed by atoms with van der Waals surface area (Å²) in [6, 6.07) is 12.8. The maximum Gasteiger partial charge on any atom is 0.129 e. The van der Waals surface area contributed by atoms with E-state index in [-0.39, 0.29) is 18.0 Å². The van der Waals surface area contributed by atoms with E-state index in [4.69, 9.17) is 4.74 Å². The molecule has 0 spiro atoms. The summed E-state index contributed by atoms with van der Waals surface area (Å²) in [7, 11) is 0. The van der Waals surface area contributed by atoms with Crippen LogP contribution in [0.25, 0.3) is 0 Å². The zero-order valence-corrected chi connectivity index (χ0v) is 14.2. The Kier molecular flexibility index (Phi) is 5.03. The van der Waals surface area contributed by atoms with Gasteiger partial charge in [-0.05, 0) is 70.6 Å². The lowest BCUT2D eigenvalue weighted by Gasteiger charge is -2.26. The third kappa shape index (κ3) is 4.15. The highest BCUT2D eigenvalue weighted by Gasteiger charge is 2.20. The molecular formula is C19H19BrO3. The number of hydrogen-bond donors (Lipinski definition) is 2. The van der Waals surface area contributed by atoms with Gasteiger partial charge in [0.25, 0.3) is 0 Å². The number of halogens is 1. The van der Waals surface area contributed by atoms with Crippen LogP contribution in [-0.4, -0.2) is 16.3 Å². The summed E-state index contributed by atoms with van der Waals surface area (Å²) in [6.45, 7) is 0. The topological polar surface area (TPSA) is 49.7 Å². The van der Waals surface area contributed by atoms with Gasteiger partial charge in [0, 0.05) is 0 Å². The number of aryl methyl sites for hydroxylation is 1. The number of phenols is 2. The molecule has 0 fully saturated rings. The van der Waals surface area contributed by atoms with E-state index in [1.165, 1.54) is 5.56 Å². The van der Waals surface area contributed by atoms with Crippen molar-refractivity contribution in [3.63, 3.8) is 0 Å². The first-order valence-corrected chi connectivity index (χ1v) is 8.49. The SMILES string of the molecule is Oc1ccc(CC[C@H]2CC=C[C@H](c3ccc(O)c(Br)c3)O2)cc1. The van der Waals surface area contributed by atoms with Crippen LogP contribution >= 0.6 is 15.9 Å². The highest BCUT2D eigenvalue weighted by molar-refractivity contribution is 9.10. The normalized spacial score (nSPS) is 20.6. The zero-order valence-electron chi connectivity index (χ0n) is 12.7. The lowest BCUT2D eigenvalue weighted by molar-refractivity contribution is 0.000697. The maximum absolute atomic E-state index is 9.60. The van der Waals surface area contributed by atoms with Crippen molar-refractivity contribution in [2.75, 3.05) is 0 Å². The van der Waals surface area contributed by atoms with Gasteiger partial charge in [0.1, 0.15) is 17.6 Å². The van der Waals surface area contributed by atoms with Gasteiger partial charge in [-0.3, -0.25) is 0 Å². The van der Waals surface area contributed by atoms with Crippen LogP contribution in [0.3, 0.4) is 0 Å². The maximum atomic E-state index is 9.60. The minimum atomic E-state index is -0.0783. The second-order valence-corrected chi connectivity index (χ2v) is 6.61. The van der Waals surface area contributed by atoms with Crippen LogP contribution in [0.2, 0.25) is 0 Å². The standard InChI is InChI=1S/C19H19BrO3/c20-17-12-14(7-11-18(17)22)19-3-1-2-16(23-19)10-6-13-4-8-15(21)9-5-13/h1,3-5,7-9,11-12,16,19,21-22H,2,6,10H2/t16-,19-/m1/s1. The average molecular weight is 375 g/mol. The summed E-state index contributed by atoms with van der Waals surface area (Å²) in [6.07, 6.45) is 7.09. The molecule has 0 radical (unpaired) electrons. The molecule has 0 amide bonds. The predicted molar refractivity (Wildman–Crippen MR) is 93.6 cm³/mol. The quantitative estimate of drug-likeness (QED) is 0.749. The van der Waals surface area contributed by atoms with E-state index in [9.17, 15) is 10.2 Å². The van der Waals surface area contributed by atoms with Gasteiger partial charge in [0.2, 0.25) is 0 Å². The molecule has 3 rings (SSSR count). The molecule has 1 heterocycles. The molecule has 2 atom stereocenters. The minimum absolute atomic E-state index is 0.0783. The van der Waals surface area contributed by atoms with Gasteiger partial charge in [-0.25, -0.2) is 0 Å². The van der Waals surface area contributed by atoms with Gasteiger partial charge in [-0.1, -0.05) is 30.4 Å². The average Bonchev–Trinajstić information content (AvgIpc) is 2.57. The van der Waals surface area contributed by atoms with E-state index in [0.717, 1.165) is 24.8 Å². The van der Waals surface area contributed by atoms with Crippen molar-refractivity contribution in [1.29, 1.82) is 0 Å². The zero-order chi connectivity index (χ0) is 16.2. The van der Waals surface area contributed by atoms with Gasteiger partial charge >= 0.3 is 0 Å². The van der Waals surface area contributed by atoms with Crippen molar-refractivity contribution < 1.29 is 14.9 Å². The summed E-state index contributed by atoms with van der Waals surface area (Å²) in [5, 5.41) is 18.9. The molecule has 120 valence electrons. The number of aromatic hydroxyl groups is 2. The summed E-state index contributed by atoms with van der Waals surface area (Å²) < 4.78 is 6.85.